The van der Waals surface area contributed by atoms with E-state index in [1.165, 1.54) is 30.6 Å². The first-order valence-corrected chi connectivity index (χ1v) is 5.97. The van der Waals surface area contributed by atoms with Gasteiger partial charge in [-0.2, -0.15) is 0 Å². The van der Waals surface area contributed by atoms with Gasteiger partial charge in [0, 0.05) is 11.6 Å². The molecule has 7 heteroatoms. The monoisotopic (exact) mass is 329 g/mol. The fraction of sp³-hybridized carbons (Fsp3) is 0. The number of amides is 1. The summed E-state index contributed by atoms with van der Waals surface area (Å²) in [5, 5.41) is 2.75. The van der Waals surface area contributed by atoms with Crippen LogP contribution in [0.15, 0.2) is 35.1 Å². The van der Waals surface area contributed by atoms with Crippen LogP contribution in [0.25, 0.3) is 0 Å². The van der Waals surface area contributed by atoms with Crippen LogP contribution in [0.5, 0.6) is 0 Å². The summed E-state index contributed by atoms with van der Waals surface area (Å²) in [4.78, 5) is 19.4. The lowest BCUT2D eigenvalue weighted by Gasteiger charge is -2.05. The van der Waals surface area contributed by atoms with Crippen molar-refractivity contribution in [2.24, 2.45) is 0 Å². The Hall–Kier alpha value is -1.53. The lowest BCUT2D eigenvalue weighted by molar-refractivity contribution is 0.102. The molecule has 1 aromatic heterocycles. The molecule has 0 spiro atoms. The van der Waals surface area contributed by atoms with E-state index in [2.05, 4.69) is 31.2 Å². The van der Waals surface area contributed by atoms with Gasteiger partial charge in [0.25, 0.3) is 5.91 Å². The maximum atomic E-state index is 13.0. The highest BCUT2D eigenvalue weighted by Crippen LogP contribution is 2.18. The normalized spacial score (nSPS) is 10.2. The third kappa shape index (κ3) is 3.02. The van der Waals surface area contributed by atoms with E-state index < -0.39 is 11.7 Å². The van der Waals surface area contributed by atoms with Crippen LogP contribution in [0, 0.1) is 5.82 Å². The number of carbonyl (C=O) groups excluding carboxylic acids is 1. The Kier molecular flexibility index (Phi) is 3.88. The molecule has 92 valence electrons. The number of carbonyl (C=O) groups is 1. The second kappa shape index (κ2) is 5.41. The lowest BCUT2D eigenvalue weighted by Crippen LogP contribution is -2.13. The van der Waals surface area contributed by atoms with Crippen molar-refractivity contribution in [1.29, 1.82) is 0 Å². The number of nitrogens with one attached hydrogen (secondary N) is 1. The molecule has 2 aromatic rings. The van der Waals surface area contributed by atoms with Gasteiger partial charge in [-0.05, 0) is 34.1 Å². The summed E-state index contributed by atoms with van der Waals surface area (Å²) in [7, 11) is 0. The molecule has 0 aliphatic carbocycles. The van der Waals surface area contributed by atoms with Crippen LogP contribution in [-0.4, -0.2) is 15.9 Å². The van der Waals surface area contributed by atoms with Gasteiger partial charge in [0.1, 0.15) is 23.1 Å². The molecule has 0 aliphatic heterocycles. The van der Waals surface area contributed by atoms with E-state index in [9.17, 15) is 9.18 Å². The molecule has 1 N–H and O–H groups in total. The number of hydrogen-bond donors (Lipinski definition) is 1. The van der Waals surface area contributed by atoms with Crippen LogP contribution in [0.3, 0.4) is 0 Å². The Morgan fingerprint density at radius 1 is 1.33 bits per heavy atom. The van der Waals surface area contributed by atoms with Gasteiger partial charge in [-0.1, -0.05) is 11.6 Å². The Morgan fingerprint density at radius 2 is 2.11 bits per heavy atom. The fourth-order valence-electron chi connectivity index (χ4n) is 1.23. The first kappa shape index (κ1) is 12.9. The minimum atomic E-state index is -0.434. The van der Waals surface area contributed by atoms with E-state index in [0.717, 1.165) is 0 Å². The topological polar surface area (TPSA) is 54.9 Å². The van der Waals surface area contributed by atoms with Crippen molar-refractivity contribution in [2.75, 3.05) is 5.32 Å². The predicted molar refractivity (Wildman–Crippen MR) is 69.1 cm³/mol. The molecule has 1 amide bonds. The number of hydrogen-bond acceptors (Lipinski definition) is 3. The number of anilines is 1. The van der Waals surface area contributed by atoms with Gasteiger partial charge in [0.2, 0.25) is 0 Å². The third-order valence-corrected chi connectivity index (χ3v) is 2.87. The van der Waals surface area contributed by atoms with Crippen molar-refractivity contribution in [3.05, 3.63) is 51.6 Å². The van der Waals surface area contributed by atoms with Crippen molar-refractivity contribution < 1.29 is 9.18 Å². The molecule has 18 heavy (non-hydrogen) atoms. The van der Waals surface area contributed by atoms with Gasteiger partial charge in [-0.15, -0.1) is 0 Å². The number of rotatable bonds is 2. The molecule has 2 rings (SSSR count). The SMILES string of the molecule is O=C(Nc1cc(Cl)ncn1)c1ccc(F)c(Br)c1. The highest BCUT2D eigenvalue weighted by molar-refractivity contribution is 9.10. The molecule has 0 saturated heterocycles. The van der Waals surface area contributed by atoms with E-state index in [0.29, 0.717) is 5.56 Å². The van der Waals surface area contributed by atoms with Crippen molar-refractivity contribution in [1.82, 2.24) is 9.97 Å². The zero-order chi connectivity index (χ0) is 13.1. The summed E-state index contributed by atoms with van der Waals surface area (Å²) in [6, 6.07) is 5.37. The molecule has 4 nitrogen and oxygen atoms in total. The average molecular weight is 331 g/mol. The predicted octanol–water partition coefficient (Wildman–Crippen LogP) is 3.28. The molecule has 0 atom stereocenters. The highest BCUT2D eigenvalue weighted by atomic mass is 79.9. The first-order chi connectivity index (χ1) is 8.56. The molecule has 0 unspecified atom stereocenters. The van der Waals surface area contributed by atoms with Crippen LogP contribution < -0.4 is 5.32 Å². The van der Waals surface area contributed by atoms with Gasteiger partial charge < -0.3 is 5.32 Å². The van der Waals surface area contributed by atoms with Gasteiger partial charge in [0.15, 0.2) is 0 Å². The zero-order valence-corrected chi connectivity index (χ0v) is 11.2. The first-order valence-electron chi connectivity index (χ1n) is 4.80. The largest absolute Gasteiger partial charge is 0.306 e. The number of benzene rings is 1. The fourth-order valence-corrected chi connectivity index (χ4v) is 1.75. The number of nitrogens with zero attached hydrogens (tertiary/aromatic N) is 2. The molecule has 0 bridgehead atoms. The summed E-state index contributed by atoms with van der Waals surface area (Å²) in [5.41, 5.74) is 0.304. The standard InChI is InChI=1S/C11H6BrClFN3O/c12-7-3-6(1-2-8(7)14)11(18)17-10-4-9(13)15-5-16-10/h1-5H,(H,15,16,17,18). The molecule has 0 aliphatic rings. The maximum absolute atomic E-state index is 13.0. The Bertz CT molecular complexity index is 609. The quantitative estimate of drug-likeness (QED) is 0.860. The van der Waals surface area contributed by atoms with Crippen LogP contribution >= 0.6 is 27.5 Å². The average Bonchev–Trinajstić information content (AvgIpc) is 2.32. The van der Waals surface area contributed by atoms with Crippen LogP contribution in [0.2, 0.25) is 5.15 Å². The molecule has 0 fully saturated rings. The lowest BCUT2D eigenvalue weighted by atomic mass is 10.2. The molecule has 1 aromatic carbocycles. The Labute approximate surface area is 115 Å². The summed E-state index contributed by atoms with van der Waals surface area (Å²) in [6.07, 6.45) is 1.23. The second-order valence-corrected chi connectivity index (χ2v) is 4.55. The van der Waals surface area contributed by atoms with E-state index in [-0.39, 0.29) is 15.4 Å². The van der Waals surface area contributed by atoms with Gasteiger partial charge in [-0.3, -0.25) is 4.79 Å². The zero-order valence-electron chi connectivity index (χ0n) is 8.82. The molecular weight excluding hydrogens is 324 g/mol. The summed E-state index contributed by atoms with van der Waals surface area (Å²) in [6.45, 7) is 0. The van der Waals surface area contributed by atoms with E-state index in [1.54, 1.807) is 0 Å². The van der Waals surface area contributed by atoms with Gasteiger partial charge in [-0.25, -0.2) is 14.4 Å². The van der Waals surface area contributed by atoms with Gasteiger partial charge in [0.05, 0.1) is 4.47 Å². The summed E-state index contributed by atoms with van der Waals surface area (Å²) >= 11 is 8.67. The highest BCUT2D eigenvalue weighted by Gasteiger charge is 2.09. The van der Waals surface area contributed by atoms with Crippen LogP contribution in [0.1, 0.15) is 10.4 Å². The minimum Gasteiger partial charge on any atom is -0.306 e. The molecule has 0 saturated carbocycles. The van der Waals surface area contributed by atoms with Crippen LogP contribution in [0.4, 0.5) is 10.2 Å². The van der Waals surface area contributed by atoms with Crippen molar-refractivity contribution >= 4 is 39.3 Å². The summed E-state index contributed by atoms with van der Waals surface area (Å²) < 4.78 is 13.2. The van der Waals surface area contributed by atoms with Crippen molar-refractivity contribution in [3.63, 3.8) is 0 Å². The smallest absolute Gasteiger partial charge is 0.256 e. The Morgan fingerprint density at radius 3 is 2.78 bits per heavy atom. The van der Waals surface area contributed by atoms with Gasteiger partial charge >= 0.3 is 0 Å². The number of aromatic nitrogens is 2. The molecule has 0 radical (unpaired) electrons. The van der Waals surface area contributed by atoms with E-state index in [4.69, 9.17) is 11.6 Å². The molecular formula is C11H6BrClFN3O. The van der Waals surface area contributed by atoms with Crippen LogP contribution in [-0.2, 0) is 0 Å². The maximum Gasteiger partial charge on any atom is 0.256 e. The molecule has 1 heterocycles. The third-order valence-electron chi connectivity index (χ3n) is 2.06. The van der Waals surface area contributed by atoms with Crippen molar-refractivity contribution in [2.45, 2.75) is 0 Å². The van der Waals surface area contributed by atoms with E-state index >= 15 is 0 Å². The minimum absolute atomic E-state index is 0.218. The summed E-state index contributed by atoms with van der Waals surface area (Å²) in [5.74, 6) is -0.567. The van der Waals surface area contributed by atoms with E-state index in [1.807, 2.05) is 0 Å². The van der Waals surface area contributed by atoms with Crippen molar-refractivity contribution in [3.8, 4) is 0 Å². The second-order valence-electron chi connectivity index (χ2n) is 3.31. The Balaban J connectivity index is 2.19. The number of halogens is 3.